The van der Waals surface area contributed by atoms with E-state index in [0.29, 0.717) is 0 Å². The van der Waals surface area contributed by atoms with Crippen LogP contribution in [0.15, 0.2) is 34.9 Å². The van der Waals surface area contributed by atoms with Crippen LogP contribution in [0.2, 0.25) is 5.02 Å². The number of rotatable bonds is 3. The summed E-state index contributed by atoms with van der Waals surface area (Å²) in [7, 11) is 0. The van der Waals surface area contributed by atoms with Crippen molar-refractivity contribution in [3.63, 3.8) is 0 Å². The van der Waals surface area contributed by atoms with Gasteiger partial charge in [0.2, 0.25) is 0 Å². The minimum atomic E-state index is 0.872. The Morgan fingerprint density at radius 1 is 1.33 bits per heavy atom. The maximum atomic E-state index is 6.10. The predicted molar refractivity (Wildman–Crippen MR) is 68.4 cm³/mol. The lowest BCUT2D eigenvalue weighted by molar-refractivity contribution is 0.404. The molecule has 15 heavy (non-hydrogen) atoms. The normalized spacial score (nSPS) is 15.6. The predicted octanol–water partition coefficient (Wildman–Crippen LogP) is 3.82. The van der Waals surface area contributed by atoms with Gasteiger partial charge in [-0.25, -0.2) is 0 Å². The van der Waals surface area contributed by atoms with Crippen molar-refractivity contribution in [2.75, 3.05) is 13.1 Å². The second-order valence-electron chi connectivity index (χ2n) is 3.64. The SMILES string of the molecule is Clc1ccccc1CCN1CCC=C1Br. The number of hydrogen-bond donors (Lipinski definition) is 0. The van der Waals surface area contributed by atoms with E-state index in [9.17, 15) is 0 Å². The van der Waals surface area contributed by atoms with E-state index in [0.717, 1.165) is 31.0 Å². The topological polar surface area (TPSA) is 3.24 Å². The Bertz CT molecular complexity index is 376. The molecule has 0 unspecified atom stereocenters. The number of hydrogen-bond acceptors (Lipinski definition) is 1. The molecule has 2 rings (SSSR count). The van der Waals surface area contributed by atoms with Gasteiger partial charge in [0.15, 0.2) is 0 Å². The molecule has 0 saturated heterocycles. The Morgan fingerprint density at radius 2 is 2.13 bits per heavy atom. The lowest BCUT2D eigenvalue weighted by Crippen LogP contribution is -2.20. The highest BCUT2D eigenvalue weighted by Crippen LogP contribution is 2.22. The molecule has 1 nitrogen and oxygen atoms in total. The van der Waals surface area contributed by atoms with Gasteiger partial charge in [0.1, 0.15) is 0 Å². The first-order valence-electron chi connectivity index (χ1n) is 5.11. The Kier molecular flexibility index (Phi) is 3.71. The molecule has 80 valence electrons. The van der Waals surface area contributed by atoms with Crippen LogP contribution in [0.25, 0.3) is 0 Å². The smallest absolute Gasteiger partial charge is 0.0766 e. The molecule has 0 aromatic heterocycles. The number of nitrogens with zero attached hydrogens (tertiary/aromatic N) is 1. The van der Waals surface area contributed by atoms with Crippen LogP contribution in [0.5, 0.6) is 0 Å². The number of halogens is 2. The van der Waals surface area contributed by atoms with Crippen molar-refractivity contribution in [1.82, 2.24) is 4.90 Å². The Hall–Kier alpha value is -0.470. The molecule has 0 bridgehead atoms. The maximum absolute atomic E-state index is 6.10. The number of benzene rings is 1. The first-order chi connectivity index (χ1) is 7.27. The van der Waals surface area contributed by atoms with Crippen LogP contribution in [0.3, 0.4) is 0 Å². The fraction of sp³-hybridized carbons (Fsp3) is 0.333. The highest BCUT2D eigenvalue weighted by atomic mass is 79.9. The zero-order valence-electron chi connectivity index (χ0n) is 8.42. The standard InChI is InChI=1S/C12H13BrClN/c13-12-6-3-8-15(12)9-7-10-4-1-2-5-11(10)14/h1-2,4-6H,3,7-9H2. The molecule has 1 aliphatic rings. The van der Waals surface area contributed by atoms with Crippen molar-refractivity contribution < 1.29 is 0 Å². The molecule has 0 saturated carbocycles. The van der Waals surface area contributed by atoms with E-state index in [-0.39, 0.29) is 0 Å². The minimum Gasteiger partial charge on any atom is -0.366 e. The third kappa shape index (κ3) is 2.76. The molecule has 0 fully saturated rings. The third-order valence-electron chi connectivity index (χ3n) is 2.62. The molecule has 1 aromatic rings. The van der Waals surface area contributed by atoms with Crippen molar-refractivity contribution in [3.8, 4) is 0 Å². The van der Waals surface area contributed by atoms with Crippen molar-refractivity contribution in [1.29, 1.82) is 0 Å². The summed E-state index contributed by atoms with van der Waals surface area (Å²) in [5, 5.41) is 0.872. The Balaban J connectivity index is 1.94. The van der Waals surface area contributed by atoms with Gasteiger partial charge in [0, 0.05) is 18.1 Å². The zero-order chi connectivity index (χ0) is 10.7. The lowest BCUT2D eigenvalue weighted by Gasteiger charge is -2.18. The Morgan fingerprint density at radius 3 is 2.80 bits per heavy atom. The van der Waals surface area contributed by atoms with Crippen LogP contribution >= 0.6 is 27.5 Å². The maximum Gasteiger partial charge on any atom is 0.0766 e. The second kappa shape index (κ2) is 5.04. The van der Waals surface area contributed by atoms with E-state index in [1.54, 1.807) is 0 Å². The summed E-state index contributed by atoms with van der Waals surface area (Å²) >= 11 is 9.65. The molecular weight excluding hydrogens is 273 g/mol. The van der Waals surface area contributed by atoms with Crippen molar-refractivity contribution in [2.24, 2.45) is 0 Å². The van der Waals surface area contributed by atoms with Gasteiger partial charge in [0.05, 0.1) is 4.61 Å². The fourth-order valence-electron chi connectivity index (χ4n) is 1.75. The van der Waals surface area contributed by atoms with E-state index >= 15 is 0 Å². The first-order valence-corrected chi connectivity index (χ1v) is 6.28. The van der Waals surface area contributed by atoms with Crippen LogP contribution in [-0.2, 0) is 6.42 Å². The summed E-state index contributed by atoms with van der Waals surface area (Å²) in [6.45, 7) is 2.14. The fourth-order valence-corrected chi connectivity index (χ4v) is 2.56. The highest BCUT2D eigenvalue weighted by molar-refractivity contribution is 9.11. The summed E-state index contributed by atoms with van der Waals surface area (Å²) < 4.78 is 1.22. The van der Waals surface area contributed by atoms with E-state index in [2.05, 4.69) is 33.0 Å². The van der Waals surface area contributed by atoms with Crippen LogP contribution in [-0.4, -0.2) is 18.0 Å². The molecular formula is C12H13BrClN. The quantitative estimate of drug-likeness (QED) is 0.764. The summed E-state index contributed by atoms with van der Waals surface area (Å²) in [5.41, 5.74) is 1.23. The average molecular weight is 287 g/mol. The van der Waals surface area contributed by atoms with Gasteiger partial charge in [-0.3, -0.25) is 0 Å². The van der Waals surface area contributed by atoms with Crippen LogP contribution in [0, 0.1) is 0 Å². The minimum absolute atomic E-state index is 0.872. The van der Waals surface area contributed by atoms with Crippen molar-refractivity contribution in [2.45, 2.75) is 12.8 Å². The van der Waals surface area contributed by atoms with Gasteiger partial charge in [-0.15, -0.1) is 0 Å². The molecule has 1 heterocycles. The van der Waals surface area contributed by atoms with Gasteiger partial charge in [-0.1, -0.05) is 35.9 Å². The average Bonchev–Trinajstić information content (AvgIpc) is 2.63. The molecule has 0 atom stereocenters. The molecule has 0 radical (unpaired) electrons. The highest BCUT2D eigenvalue weighted by Gasteiger charge is 2.12. The van der Waals surface area contributed by atoms with Crippen molar-refractivity contribution >= 4 is 27.5 Å². The molecule has 0 spiro atoms. The first kappa shape index (κ1) is 11.0. The van der Waals surface area contributed by atoms with E-state index in [1.807, 2.05) is 18.2 Å². The molecule has 1 aliphatic heterocycles. The molecule has 0 aliphatic carbocycles. The van der Waals surface area contributed by atoms with E-state index in [1.165, 1.54) is 10.2 Å². The molecule has 3 heteroatoms. The van der Waals surface area contributed by atoms with Crippen LogP contribution < -0.4 is 0 Å². The summed E-state index contributed by atoms with van der Waals surface area (Å²) in [6, 6.07) is 8.05. The van der Waals surface area contributed by atoms with Gasteiger partial charge in [-0.05, 0) is 40.4 Å². The largest absolute Gasteiger partial charge is 0.366 e. The van der Waals surface area contributed by atoms with E-state index in [4.69, 9.17) is 11.6 Å². The van der Waals surface area contributed by atoms with Gasteiger partial charge >= 0.3 is 0 Å². The van der Waals surface area contributed by atoms with E-state index < -0.39 is 0 Å². The van der Waals surface area contributed by atoms with Crippen LogP contribution in [0.4, 0.5) is 0 Å². The summed E-state index contributed by atoms with van der Waals surface area (Å²) in [4.78, 5) is 2.34. The van der Waals surface area contributed by atoms with Gasteiger partial charge in [-0.2, -0.15) is 0 Å². The van der Waals surface area contributed by atoms with Gasteiger partial charge < -0.3 is 4.90 Å². The lowest BCUT2D eigenvalue weighted by atomic mass is 10.1. The summed E-state index contributed by atoms with van der Waals surface area (Å²) in [6.07, 6.45) is 4.36. The molecule has 0 amide bonds. The summed E-state index contributed by atoms with van der Waals surface area (Å²) in [5.74, 6) is 0. The van der Waals surface area contributed by atoms with Crippen molar-refractivity contribution in [3.05, 3.63) is 45.5 Å². The van der Waals surface area contributed by atoms with Crippen LogP contribution in [0.1, 0.15) is 12.0 Å². The molecule has 0 N–H and O–H groups in total. The van der Waals surface area contributed by atoms with Gasteiger partial charge in [0.25, 0.3) is 0 Å². The second-order valence-corrected chi connectivity index (χ2v) is 4.86. The molecule has 1 aromatic carbocycles. The monoisotopic (exact) mass is 285 g/mol. The Labute approximate surface area is 104 Å². The third-order valence-corrected chi connectivity index (χ3v) is 3.82. The zero-order valence-corrected chi connectivity index (χ0v) is 10.8.